The Balaban J connectivity index is 2.07. The third kappa shape index (κ3) is 3.87. The van der Waals surface area contributed by atoms with E-state index in [1.54, 1.807) is 25.1 Å². The summed E-state index contributed by atoms with van der Waals surface area (Å²) >= 11 is 11.3. The third-order valence-corrected chi connectivity index (χ3v) is 4.83. The number of nitrogens with zero attached hydrogens (tertiary/aromatic N) is 2. The monoisotopic (exact) mass is 433 g/mol. The Morgan fingerprint density at radius 3 is 2.45 bits per heavy atom. The van der Waals surface area contributed by atoms with Gasteiger partial charge < -0.3 is 14.8 Å². The van der Waals surface area contributed by atoms with E-state index in [4.69, 9.17) is 33.3 Å². The lowest BCUT2D eigenvalue weighted by atomic mass is 10.1. The highest BCUT2D eigenvalue weighted by molar-refractivity contribution is 7.80. The summed E-state index contributed by atoms with van der Waals surface area (Å²) in [5.41, 5.74) is 1.35. The minimum Gasteiger partial charge on any atom is -0.493 e. The van der Waals surface area contributed by atoms with Crippen LogP contribution in [0.25, 0.3) is 6.08 Å². The lowest BCUT2D eigenvalue weighted by Gasteiger charge is -2.16. The lowest BCUT2D eigenvalue weighted by molar-refractivity contribution is -0.385. The van der Waals surface area contributed by atoms with Crippen LogP contribution in [0.15, 0.2) is 36.0 Å². The maximum Gasteiger partial charge on any atom is 0.281 e. The summed E-state index contributed by atoms with van der Waals surface area (Å²) in [6, 6.07) is 7.72. The number of amides is 1. The quantitative estimate of drug-likeness (QED) is 0.331. The first-order chi connectivity index (χ1) is 13.8. The van der Waals surface area contributed by atoms with E-state index >= 15 is 0 Å². The van der Waals surface area contributed by atoms with Gasteiger partial charge in [0.2, 0.25) is 0 Å². The summed E-state index contributed by atoms with van der Waals surface area (Å²) in [5.74, 6) is 0.0638. The highest BCUT2D eigenvalue weighted by Gasteiger charge is 2.33. The van der Waals surface area contributed by atoms with Gasteiger partial charge >= 0.3 is 0 Å². The summed E-state index contributed by atoms with van der Waals surface area (Å²) < 4.78 is 10.3. The fourth-order valence-electron chi connectivity index (χ4n) is 2.94. The van der Waals surface area contributed by atoms with Gasteiger partial charge in [-0.25, -0.2) is 0 Å². The molecule has 3 rings (SSSR count). The molecular formula is C19H16ClN3O5S. The number of ether oxygens (including phenoxy) is 2. The normalized spacial score (nSPS) is 14.9. The Morgan fingerprint density at radius 2 is 1.86 bits per heavy atom. The number of halogens is 1. The van der Waals surface area contributed by atoms with Gasteiger partial charge in [0.05, 0.1) is 36.5 Å². The predicted octanol–water partition coefficient (Wildman–Crippen LogP) is 3.84. The predicted molar refractivity (Wildman–Crippen MR) is 114 cm³/mol. The average molecular weight is 434 g/mol. The molecule has 0 aliphatic carbocycles. The number of hydrogen-bond donors (Lipinski definition) is 1. The fourth-order valence-corrected chi connectivity index (χ4v) is 3.45. The molecule has 1 fully saturated rings. The van der Waals surface area contributed by atoms with Gasteiger partial charge in [-0.1, -0.05) is 11.6 Å². The Bertz CT molecular complexity index is 1070. The van der Waals surface area contributed by atoms with Crippen LogP contribution < -0.4 is 19.7 Å². The van der Waals surface area contributed by atoms with E-state index in [1.165, 1.54) is 37.3 Å². The number of nitro benzene ring substituents is 1. The van der Waals surface area contributed by atoms with E-state index in [-0.39, 0.29) is 27.8 Å². The zero-order valence-electron chi connectivity index (χ0n) is 15.7. The van der Waals surface area contributed by atoms with Crippen molar-refractivity contribution in [3.8, 4) is 11.5 Å². The molecule has 29 heavy (non-hydrogen) atoms. The Morgan fingerprint density at radius 1 is 1.21 bits per heavy atom. The zero-order chi connectivity index (χ0) is 21.3. The molecule has 0 saturated carbocycles. The van der Waals surface area contributed by atoms with Crippen molar-refractivity contribution in [3.63, 3.8) is 0 Å². The van der Waals surface area contributed by atoms with Crippen molar-refractivity contribution in [1.29, 1.82) is 0 Å². The van der Waals surface area contributed by atoms with Crippen molar-refractivity contribution in [2.45, 2.75) is 6.92 Å². The van der Waals surface area contributed by atoms with Crippen LogP contribution in [-0.4, -0.2) is 30.2 Å². The van der Waals surface area contributed by atoms with Crippen LogP contribution >= 0.6 is 23.8 Å². The maximum atomic E-state index is 13.0. The second kappa shape index (κ2) is 8.06. The molecule has 2 aromatic rings. The van der Waals surface area contributed by atoms with Crippen LogP contribution in [0.3, 0.4) is 0 Å². The number of nitro groups is 1. The number of carbonyl (C=O) groups excluding carboxylic acids is 1. The summed E-state index contributed by atoms with van der Waals surface area (Å²) in [6.45, 7) is 1.80. The molecule has 10 heteroatoms. The zero-order valence-corrected chi connectivity index (χ0v) is 17.3. The molecule has 0 aromatic heterocycles. The number of nitrogens with one attached hydrogen (secondary N) is 1. The van der Waals surface area contributed by atoms with Crippen LogP contribution in [-0.2, 0) is 4.79 Å². The molecule has 1 amide bonds. The van der Waals surface area contributed by atoms with Gasteiger partial charge in [0.15, 0.2) is 16.6 Å². The number of rotatable bonds is 5. The molecule has 1 N–H and O–H groups in total. The van der Waals surface area contributed by atoms with Gasteiger partial charge in [-0.15, -0.1) is 0 Å². The third-order valence-electron chi connectivity index (χ3n) is 4.31. The first-order valence-corrected chi connectivity index (χ1v) is 9.09. The van der Waals surface area contributed by atoms with Crippen LogP contribution in [0.1, 0.15) is 11.1 Å². The van der Waals surface area contributed by atoms with E-state index in [0.717, 1.165) is 5.56 Å². The molecule has 8 nitrogen and oxygen atoms in total. The number of carbonyl (C=O) groups is 1. The van der Waals surface area contributed by atoms with E-state index in [2.05, 4.69) is 5.32 Å². The number of benzene rings is 2. The van der Waals surface area contributed by atoms with Gasteiger partial charge in [-0.2, -0.15) is 0 Å². The summed E-state index contributed by atoms with van der Waals surface area (Å²) in [7, 11) is 2.80. The number of thiocarbonyl (C=S) groups is 1. The van der Waals surface area contributed by atoms with Crippen molar-refractivity contribution < 1.29 is 19.2 Å². The van der Waals surface area contributed by atoms with E-state index in [9.17, 15) is 14.9 Å². The average Bonchev–Trinajstić information content (AvgIpc) is 2.94. The molecular weight excluding hydrogens is 418 g/mol. The largest absolute Gasteiger partial charge is 0.493 e. The van der Waals surface area contributed by atoms with Crippen molar-refractivity contribution in [2.24, 2.45) is 0 Å². The van der Waals surface area contributed by atoms with Gasteiger partial charge in [-0.3, -0.25) is 19.8 Å². The topological polar surface area (TPSA) is 93.9 Å². The SMILES string of the molecule is COc1cc(/C=C2\NC(=S)N(c3ccc(Cl)cc3C)C2=O)c([N+](=O)[O-])cc1OC. The van der Waals surface area contributed by atoms with E-state index in [0.29, 0.717) is 16.5 Å². The summed E-state index contributed by atoms with van der Waals surface area (Å²) in [4.78, 5) is 25.2. The van der Waals surface area contributed by atoms with Crippen LogP contribution in [0.2, 0.25) is 5.02 Å². The van der Waals surface area contributed by atoms with Crippen LogP contribution in [0.5, 0.6) is 11.5 Å². The molecule has 1 aliphatic heterocycles. The molecule has 0 radical (unpaired) electrons. The maximum absolute atomic E-state index is 13.0. The van der Waals surface area contributed by atoms with Crippen molar-refractivity contribution in [2.75, 3.05) is 19.1 Å². The second-order valence-electron chi connectivity index (χ2n) is 6.08. The number of anilines is 1. The molecule has 0 bridgehead atoms. The van der Waals surface area contributed by atoms with Crippen LogP contribution in [0, 0.1) is 17.0 Å². The fraction of sp³-hybridized carbons (Fsp3) is 0.158. The first-order valence-electron chi connectivity index (χ1n) is 8.30. The highest BCUT2D eigenvalue weighted by atomic mass is 35.5. The molecule has 1 aliphatic rings. The molecule has 2 aromatic carbocycles. The Hall–Kier alpha value is -3.17. The Kier molecular flexibility index (Phi) is 5.71. The lowest BCUT2D eigenvalue weighted by Crippen LogP contribution is -2.30. The van der Waals surface area contributed by atoms with Crippen molar-refractivity contribution in [1.82, 2.24) is 5.32 Å². The summed E-state index contributed by atoms with van der Waals surface area (Å²) in [6.07, 6.45) is 1.36. The number of hydrogen-bond acceptors (Lipinski definition) is 6. The molecule has 1 heterocycles. The van der Waals surface area contributed by atoms with Gasteiger partial charge in [0.25, 0.3) is 11.6 Å². The van der Waals surface area contributed by atoms with Crippen molar-refractivity contribution >= 4 is 52.3 Å². The molecule has 0 spiro atoms. The van der Waals surface area contributed by atoms with Crippen molar-refractivity contribution in [3.05, 3.63) is 62.3 Å². The van der Waals surface area contributed by atoms with Gasteiger partial charge in [0.1, 0.15) is 5.70 Å². The molecule has 1 saturated heterocycles. The summed E-state index contributed by atoms with van der Waals surface area (Å²) in [5, 5.41) is 15.0. The second-order valence-corrected chi connectivity index (χ2v) is 6.91. The van der Waals surface area contributed by atoms with E-state index < -0.39 is 10.8 Å². The Labute approximate surface area is 176 Å². The standard InChI is InChI=1S/C19H16ClN3O5S/c1-10-6-12(20)4-5-14(10)22-18(24)13(21-19(22)29)7-11-8-16(27-2)17(28-3)9-15(11)23(25)26/h4-9H,1-3H3,(H,21,29)/b13-7-. The van der Waals surface area contributed by atoms with E-state index in [1.807, 2.05) is 0 Å². The highest BCUT2D eigenvalue weighted by Crippen LogP contribution is 2.36. The van der Waals surface area contributed by atoms with Gasteiger partial charge in [-0.05, 0) is 55.0 Å². The molecule has 0 unspecified atom stereocenters. The van der Waals surface area contributed by atoms with Gasteiger partial charge in [0, 0.05) is 5.02 Å². The van der Waals surface area contributed by atoms with Crippen LogP contribution in [0.4, 0.5) is 11.4 Å². The molecule has 150 valence electrons. The first kappa shape index (κ1) is 20.6. The molecule has 0 atom stereocenters. The number of methoxy groups -OCH3 is 2. The minimum absolute atomic E-state index is 0.0969. The smallest absolute Gasteiger partial charge is 0.281 e. The minimum atomic E-state index is -0.562. The number of aryl methyl sites for hydroxylation is 1.